The number of Topliss-reactive ketones (excluding diaryl/α,β-unsaturated/α-hetero) is 2. The molecule has 9 heteroatoms. The summed E-state index contributed by atoms with van der Waals surface area (Å²) in [7, 11) is 1.63. The van der Waals surface area contributed by atoms with Crippen molar-refractivity contribution in [2.45, 2.75) is 49.9 Å². The summed E-state index contributed by atoms with van der Waals surface area (Å²) in [5, 5.41) is 2.70. The first-order valence-corrected chi connectivity index (χ1v) is 14.0. The maximum atomic E-state index is 13.5. The van der Waals surface area contributed by atoms with Gasteiger partial charge < -0.3 is 21.5 Å². The van der Waals surface area contributed by atoms with E-state index < -0.39 is 23.9 Å². The van der Waals surface area contributed by atoms with E-state index in [4.69, 9.17) is 16.2 Å². The number of methoxy groups -OCH3 is 1. The number of allylic oxidation sites excluding steroid dienone is 3. The van der Waals surface area contributed by atoms with Crippen LogP contribution in [0.25, 0.3) is 0 Å². The third kappa shape index (κ3) is 9.53. The second-order valence-electron chi connectivity index (χ2n) is 9.34. The van der Waals surface area contributed by atoms with E-state index in [9.17, 15) is 19.2 Å². The molecule has 3 rings (SSSR count). The van der Waals surface area contributed by atoms with Gasteiger partial charge in [0.2, 0.25) is 11.8 Å². The number of hydrogen-bond donors (Lipinski definition) is 3. The van der Waals surface area contributed by atoms with Crippen LogP contribution in [0.5, 0.6) is 5.75 Å². The van der Waals surface area contributed by atoms with Gasteiger partial charge in [-0.2, -0.15) is 11.8 Å². The lowest BCUT2D eigenvalue weighted by molar-refractivity contribution is -0.129. The third-order valence-electron chi connectivity index (χ3n) is 6.36. The minimum Gasteiger partial charge on any atom is -0.497 e. The number of ether oxygens (including phenoxy) is 1. The fourth-order valence-electron chi connectivity index (χ4n) is 4.20. The van der Waals surface area contributed by atoms with E-state index in [2.05, 4.69) is 5.32 Å². The highest BCUT2D eigenvalue weighted by molar-refractivity contribution is 7.98. The van der Waals surface area contributed by atoms with Gasteiger partial charge in [0, 0.05) is 30.8 Å². The molecular formula is C30H35N3O5S. The largest absolute Gasteiger partial charge is 0.497 e. The average molecular weight is 550 g/mol. The zero-order valence-electron chi connectivity index (χ0n) is 22.1. The second kappa shape index (κ2) is 15.0. The number of rotatable bonds is 15. The summed E-state index contributed by atoms with van der Waals surface area (Å²) in [6, 6.07) is 15.1. The fourth-order valence-corrected chi connectivity index (χ4v) is 5.10. The van der Waals surface area contributed by atoms with Crippen LogP contribution in [-0.4, -0.2) is 48.3 Å². The molecule has 206 valence electrons. The Hall–Kier alpha value is -3.69. The molecule has 0 fully saturated rings. The van der Waals surface area contributed by atoms with Gasteiger partial charge in [0.25, 0.3) is 0 Å². The number of hydrogen-bond acceptors (Lipinski definition) is 7. The van der Waals surface area contributed by atoms with Crippen LogP contribution >= 0.6 is 11.8 Å². The highest BCUT2D eigenvalue weighted by Gasteiger charge is 2.28. The number of primary amides is 1. The van der Waals surface area contributed by atoms with Crippen molar-refractivity contribution in [2.24, 2.45) is 11.5 Å². The lowest BCUT2D eigenvalue weighted by Crippen LogP contribution is -2.50. The molecule has 1 aliphatic carbocycles. The SMILES string of the molecule is COc1ccc(CSCCC(=O)C2=CCC=C(C(=O)[C@H](Cc3ccccc3)NC(=O)[C@@H](N)CC(N)=O)C2)cc1. The van der Waals surface area contributed by atoms with Crippen LogP contribution in [0.4, 0.5) is 0 Å². The monoisotopic (exact) mass is 549 g/mol. The van der Waals surface area contributed by atoms with Crippen LogP contribution in [-0.2, 0) is 31.4 Å². The van der Waals surface area contributed by atoms with Gasteiger partial charge in [-0.05, 0) is 40.8 Å². The molecule has 0 heterocycles. The Balaban J connectivity index is 1.58. The molecule has 0 saturated heterocycles. The molecule has 5 N–H and O–H groups in total. The predicted octanol–water partition coefficient (Wildman–Crippen LogP) is 3.03. The number of benzene rings is 2. The van der Waals surface area contributed by atoms with Crippen LogP contribution in [0.2, 0.25) is 0 Å². The molecule has 39 heavy (non-hydrogen) atoms. The van der Waals surface area contributed by atoms with Crippen LogP contribution < -0.4 is 21.5 Å². The molecule has 8 nitrogen and oxygen atoms in total. The van der Waals surface area contributed by atoms with E-state index in [1.54, 1.807) is 24.9 Å². The highest BCUT2D eigenvalue weighted by Crippen LogP contribution is 2.24. The van der Waals surface area contributed by atoms with Gasteiger partial charge in [0.05, 0.1) is 25.6 Å². The third-order valence-corrected chi connectivity index (χ3v) is 7.39. The topological polar surface area (TPSA) is 142 Å². The quantitative estimate of drug-likeness (QED) is 0.290. The molecule has 2 atom stereocenters. The van der Waals surface area contributed by atoms with E-state index in [0.29, 0.717) is 29.7 Å². The number of carbonyl (C=O) groups is 4. The highest BCUT2D eigenvalue weighted by atomic mass is 32.2. The first-order chi connectivity index (χ1) is 18.8. The second-order valence-corrected chi connectivity index (χ2v) is 10.4. The van der Waals surface area contributed by atoms with Gasteiger partial charge in [0.1, 0.15) is 5.75 Å². The molecule has 2 aromatic carbocycles. The summed E-state index contributed by atoms with van der Waals surface area (Å²) >= 11 is 1.68. The fraction of sp³-hybridized carbons (Fsp3) is 0.333. The summed E-state index contributed by atoms with van der Waals surface area (Å²) in [5.74, 6) is 0.682. The molecule has 0 bridgehead atoms. The van der Waals surface area contributed by atoms with Crippen molar-refractivity contribution in [3.05, 3.63) is 89.0 Å². The Morgan fingerprint density at radius 3 is 2.33 bits per heavy atom. The van der Waals surface area contributed by atoms with E-state index in [1.165, 1.54) is 0 Å². The Kier molecular flexibility index (Phi) is 11.5. The van der Waals surface area contributed by atoms with Crippen molar-refractivity contribution in [1.29, 1.82) is 0 Å². The zero-order chi connectivity index (χ0) is 28.2. The summed E-state index contributed by atoms with van der Waals surface area (Å²) in [4.78, 5) is 50.3. The molecule has 2 amide bonds. The number of thioether (sulfide) groups is 1. The lowest BCUT2D eigenvalue weighted by atomic mass is 9.88. The maximum Gasteiger partial charge on any atom is 0.238 e. The summed E-state index contributed by atoms with van der Waals surface area (Å²) in [5.41, 5.74) is 14.1. The molecule has 0 radical (unpaired) electrons. The van der Waals surface area contributed by atoms with Gasteiger partial charge >= 0.3 is 0 Å². The van der Waals surface area contributed by atoms with Crippen molar-refractivity contribution in [3.8, 4) is 5.75 Å². The summed E-state index contributed by atoms with van der Waals surface area (Å²) in [6.07, 6.45) is 4.65. The molecular weight excluding hydrogens is 514 g/mol. The van der Waals surface area contributed by atoms with E-state index in [1.807, 2.05) is 60.7 Å². The summed E-state index contributed by atoms with van der Waals surface area (Å²) in [6.45, 7) is 0. The van der Waals surface area contributed by atoms with Crippen molar-refractivity contribution in [3.63, 3.8) is 0 Å². The first kappa shape index (κ1) is 29.9. The van der Waals surface area contributed by atoms with Crippen molar-refractivity contribution >= 4 is 35.1 Å². The van der Waals surface area contributed by atoms with Gasteiger partial charge in [-0.25, -0.2) is 0 Å². The normalized spacial score (nSPS) is 14.4. The van der Waals surface area contributed by atoms with Gasteiger partial charge in [0.15, 0.2) is 11.6 Å². The minimum atomic E-state index is -1.15. The number of nitrogens with one attached hydrogen (secondary N) is 1. The van der Waals surface area contributed by atoms with Crippen molar-refractivity contribution in [2.75, 3.05) is 12.9 Å². The van der Waals surface area contributed by atoms with Crippen LogP contribution in [0.15, 0.2) is 77.9 Å². The van der Waals surface area contributed by atoms with Crippen LogP contribution in [0.1, 0.15) is 36.8 Å². The average Bonchev–Trinajstić information content (AvgIpc) is 2.95. The Morgan fingerprint density at radius 2 is 1.67 bits per heavy atom. The number of nitrogens with two attached hydrogens (primary N) is 2. The molecule has 0 aliphatic heterocycles. The van der Waals surface area contributed by atoms with Gasteiger partial charge in [-0.3, -0.25) is 19.2 Å². The number of carbonyl (C=O) groups excluding carboxylic acids is 4. The van der Waals surface area contributed by atoms with E-state index in [-0.39, 0.29) is 30.8 Å². The Labute approximate surface area is 233 Å². The first-order valence-electron chi connectivity index (χ1n) is 12.8. The molecule has 0 saturated carbocycles. The molecule has 1 aliphatic rings. The molecule has 0 unspecified atom stereocenters. The van der Waals surface area contributed by atoms with Crippen LogP contribution in [0, 0.1) is 0 Å². The molecule has 2 aromatic rings. The molecule has 0 spiro atoms. The zero-order valence-corrected chi connectivity index (χ0v) is 22.9. The minimum absolute atomic E-state index is 0.0164. The molecule has 0 aromatic heterocycles. The van der Waals surface area contributed by atoms with Crippen molar-refractivity contribution < 1.29 is 23.9 Å². The van der Waals surface area contributed by atoms with E-state index in [0.717, 1.165) is 22.6 Å². The van der Waals surface area contributed by atoms with Crippen LogP contribution in [0.3, 0.4) is 0 Å². The number of ketones is 2. The predicted molar refractivity (Wildman–Crippen MR) is 153 cm³/mol. The maximum absolute atomic E-state index is 13.5. The number of amides is 2. The standard InChI is InChI=1S/C30H35N3O5S/c1-38-24-12-10-21(11-13-24)19-39-15-14-27(34)22-8-5-9-23(17-22)29(36)26(16-20-6-3-2-4-7-20)33-30(37)25(31)18-28(32)35/h2-4,6-13,25-26H,5,14-19,31H2,1H3,(H2,32,35)(H,33,37)/t25-,26-/m0/s1. The smallest absolute Gasteiger partial charge is 0.238 e. The summed E-state index contributed by atoms with van der Waals surface area (Å²) < 4.78 is 5.18. The lowest BCUT2D eigenvalue weighted by Gasteiger charge is -2.23. The van der Waals surface area contributed by atoms with Gasteiger partial charge in [-0.15, -0.1) is 0 Å². The Bertz CT molecular complexity index is 1220. The van der Waals surface area contributed by atoms with Crippen molar-refractivity contribution in [1.82, 2.24) is 5.32 Å². The van der Waals surface area contributed by atoms with Gasteiger partial charge in [-0.1, -0.05) is 54.6 Å². The Morgan fingerprint density at radius 1 is 0.974 bits per heavy atom. The van der Waals surface area contributed by atoms with E-state index >= 15 is 0 Å².